The number of nitro benzene ring substituents is 1. The Morgan fingerprint density at radius 3 is 2.90 bits per heavy atom. The molecule has 1 amide bonds. The summed E-state index contributed by atoms with van der Waals surface area (Å²) in [7, 11) is 0. The number of nitrogens with zero attached hydrogens (tertiary/aromatic N) is 1. The number of hydrogen-bond donors (Lipinski definition) is 2. The number of aryl methyl sites for hydroxylation is 1. The zero-order valence-electron chi connectivity index (χ0n) is 12.4. The lowest BCUT2D eigenvalue weighted by Crippen LogP contribution is -2.41. The van der Waals surface area contributed by atoms with Gasteiger partial charge in [0.05, 0.1) is 16.9 Å². The minimum atomic E-state index is -0.390. The largest absolute Gasteiger partial charge is 0.349 e. The summed E-state index contributed by atoms with van der Waals surface area (Å²) in [4.78, 5) is 22.8. The maximum atomic E-state index is 12.2. The van der Waals surface area contributed by atoms with E-state index in [0.717, 1.165) is 24.9 Å². The Balaban J connectivity index is 2.05. The summed E-state index contributed by atoms with van der Waals surface area (Å²) in [5, 5.41) is 17.1. The summed E-state index contributed by atoms with van der Waals surface area (Å²) < 4.78 is 0. The van der Waals surface area contributed by atoms with Crippen molar-refractivity contribution in [3.05, 3.63) is 39.4 Å². The van der Waals surface area contributed by atoms with Crippen LogP contribution in [0.2, 0.25) is 0 Å². The van der Waals surface area contributed by atoms with Gasteiger partial charge in [-0.2, -0.15) is 0 Å². The third-order valence-corrected chi connectivity index (χ3v) is 3.96. The fourth-order valence-corrected chi connectivity index (χ4v) is 2.58. The van der Waals surface area contributed by atoms with E-state index in [-0.39, 0.29) is 23.6 Å². The van der Waals surface area contributed by atoms with Crippen molar-refractivity contribution in [2.24, 2.45) is 5.92 Å². The Hall–Kier alpha value is -1.95. The Labute approximate surface area is 124 Å². The number of piperidine rings is 1. The molecule has 21 heavy (non-hydrogen) atoms. The van der Waals surface area contributed by atoms with Crippen molar-refractivity contribution >= 4 is 11.6 Å². The summed E-state index contributed by atoms with van der Waals surface area (Å²) in [6.45, 7) is 5.22. The molecule has 2 rings (SSSR count). The zero-order chi connectivity index (χ0) is 15.4. The first-order valence-electron chi connectivity index (χ1n) is 7.25. The number of carbonyl (C=O) groups excluding carboxylic acids is 1. The van der Waals surface area contributed by atoms with Gasteiger partial charge in [-0.05, 0) is 38.8 Å². The standard InChI is InChI=1S/C15H21N3O3/c1-10-5-6-12(8-14(10)18(20)21)11(2)17-15(19)13-4-3-7-16-9-13/h5-6,8,11,13,16H,3-4,7,9H2,1-2H3,(H,17,19). The van der Waals surface area contributed by atoms with Crippen LogP contribution >= 0.6 is 0 Å². The molecular formula is C15H21N3O3. The molecular weight excluding hydrogens is 270 g/mol. The van der Waals surface area contributed by atoms with Crippen molar-refractivity contribution in [3.8, 4) is 0 Å². The number of nitrogens with one attached hydrogen (secondary N) is 2. The summed E-state index contributed by atoms with van der Waals surface area (Å²) in [5.74, 6) is -0.000405. The molecule has 114 valence electrons. The first-order chi connectivity index (χ1) is 9.99. The van der Waals surface area contributed by atoms with Gasteiger partial charge in [-0.15, -0.1) is 0 Å². The molecule has 1 aliphatic heterocycles. The summed E-state index contributed by atoms with van der Waals surface area (Å²) in [6, 6.07) is 4.85. The molecule has 0 bridgehead atoms. The first kappa shape index (κ1) is 15.4. The lowest BCUT2D eigenvalue weighted by atomic mass is 9.97. The maximum absolute atomic E-state index is 12.2. The number of rotatable bonds is 4. The molecule has 1 aliphatic rings. The lowest BCUT2D eigenvalue weighted by Gasteiger charge is -2.24. The topological polar surface area (TPSA) is 84.3 Å². The van der Waals surface area contributed by atoms with Crippen molar-refractivity contribution < 1.29 is 9.72 Å². The minimum absolute atomic E-state index is 0.0120. The second kappa shape index (κ2) is 6.67. The van der Waals surface area contributed by atoms with Crippen molar-refractivity contribution in [3.63, 3.8) is 0 Å². The highest BCUT2D eigenvalue weighted by atomic mass is 16.6. The van der Waals surface area contributed by atoms with E-state index in [4.69, 9.17) is 0 Å². The summed E-state index contributed by atoms with van der Waals surface area (Å²) >= 11 is 0. The molecule has 0 saturated carbocycles. The molecule has 1 heterocycles. The van der Waals surface area contributed by atoms with Gasteiger partial charge in [-0.3, -0.25) is 14.9 Å². The van der Waals surface area contributed by atoms with Crippen LogP contribution in [0.4, 0.5) is 5.69 Å². The van der Waals surface area contributed by atoms with E-state index in [0.29, 0.717) is 12.1 Å². The van der Waals surface area contributed by atoms with E-state index in [1.54, 1.807) is 19.1 Å². The second-order valence-corrected chi connectivity index (χ2v) is 5.58. The molecule has 0 radical (unpaired) electrons. The number of benzene rings is 1. The van der Waals surface area contributed by atoms with Gasteiger partial charge in [-0.1, -0.05) is 12.1 Å². The van der Waals surface area contributed by atoms with Gasteiger partial charge in [0, 0.05) is 18.2 Å². The lowest BCUT2D eigenvalue weighted by molar-refractivity contribution is -0.385. The Morgan fingerprint density at radius 1 is 1.52 bits per heavy atom. The Bertz CT molecular complexity index is 539. The number of amides is 1. The van der Waals surface area contributed by atoms with Crippen LogP contribution < -0.4 is 10.6 Å². The molecule has 0 aliphatic carbocycles. The van der Waals surface area contributed by atoms with Crippen LogP contribution in [-0.4, -0.2) is 23.9 Å². The number of nitro groups is 1. The average molecular weight is 291 g/mol. The van der Waals surface area contributed by atoms with Gasteiger partial charge in [0.2, 0.25) is 5.91 Å². The van der Waals surface area contributed by atoms with E-state index in [2.05, 4.69) is 10.6 Å². The maximum Gasteiger partial charge on any atom is 0.272 e. The number of carbonyl (C=O) groups is 1. The normalized spacial score (nSPS) is 19.8. The van der Waals surface area contributed by atoms with Gasteiger partial charge in [0.1, 0.15) is 0 Å². The summed E-state index contributed by atoms with van der Waals surface area (Å²) in [6.07, 6.45) is 1.89. The van der Waals surface area contributed by atoms with Crippen LogP contribution in [0.25, 0.3) is 0 Å². The van der Waals surface area contributed by atoms with E-state index in [1.807, 2.05) is 13.0 Å². The van der Waals surface area contributed by atoms with Crippen LogP contribution in [0.5, 0.6) is 0 Å². The Kier molecular flexibility index (Phi) is 4.90. The van der Waals surface area contributed by atoms with Gasteiger partial charge in [-0.25, -0.2) is 0 Å². The third kappa shape index (κ3) is 3.78. The predicted octanol–water partition coefficient (Wildman–Crippen LogP) is 2.08. The van der Waals surface area contributed by atoms with Crippen molar-refractivity contribution in [2.75, 3.05) is 13.1 Å². The highest BCUT2D eigenvalue weighted by Crippen LogP contribution is 2.23. The van der Waals surface area contributed by atoms with Crippen molar-refractivity contribution in [2.45, 2.75) is 32.7 Å². The van der Waals surface area contributed by atoms with Gasteiger partial charge < -0.3 is 10.6 Å². The molecule has 1 aromatic rings. The first-order valence-corrected chi connectivity index (χ1v) is 7.25. The van der Waals surface area contributed by atoms with E-state index < -0.39 is 4.92 Å². The molecule has 6 nitrogen and oxygen atoms in total. The molecule has 2 atom stereocenters. The fourth-order valence-electron chi connectivity index (χ4n) is 2.58. The molecule has 1 aromatic carbocycles. The molecule has 1 saturated heterocycles. The minimum Gasteiger partial charge on any atom is -0.349 e. The second-order valence-electron chi connectivity index (χ2n) is 5.58. The molecule has 0 aromatic heterocycles. The van der Waals surface area contributed by atoms with E-state index in [1.165, 1.54) is 0 Å². The van der Waals surface area contributed by atoms with Crippen LogP contribution in [0.3, 0.4) is 0 Å². The van der Waals surface area contributed by atoms with Crippen LogP contribution in [0.15, 0.2) is 18.2 Å². The molecule has 2 N–H and O–H groups in total. The average Bonchev–Trinajstić information content (AvgIpc) is 2.48. The number of hydrogen-bond acceptors (Lipinski definition) is 4. The molecule has 1 fully saturated rings. The van der Waals surface area contributed by atoms with E-state index >= 15 is 0 Å². The van der Waals surface area contributed by atoms with Gasteiger partial charge >= 0.3 is 0 Å². The van der Waals surface area contributed by atoms with Crippen LogP contribution in [0.1, 0.15) is 36.9 Å². The highest BCUT2D eigenvalue weighted by Gasteiger charge is 2.23. The monoisotopic (exact) mass is 291 g/mol. The highest BCUT2D eigenvalue weighted by molar-refractivity contribution is 5.79. The molecule has 2 unspecified atom stereocenters. The third-order valence-electron chi connectivity index (χ3n) is 3.96. The molecule has 0 spiro atoms. The van der Waals surface area contributed by atoms with Crippen LogP contribution in [0, 0.1) is 23.0 Å². The molecule has 6 heteroatoms. The smallest absolute Gasteiger partial charge is 0.272 e. The Morgan fingerprint density at radius 2 is 2.29 bits per heavy atom. The SMILES string of the molecule is Cc1ccc(C(C)NC(=O)C2CCCNC2)cc1[N+](=O)[O-]. The predicted molar refractivity (Wildman–Crippen MR) is 80.0 cm³/mol. The zero-order valence-corrected chi connectivity index (χ0v) is 12.4. The quantitative estimate of drug-likeness (QED) is 0.657. The van der Waals surface area contributed by atoms with Gasteiger partial charge in [0.25, 0.3) is 5.69 Å². The van der Waals surface area contributed by atoms with Gasteiger partial charge in [0.15, 0.2) is 0 Å². The van der Waals surface area contributed by atoms with Crippen LogP contribution in [-0.2, 0) is 4.79 Å². The fraction of sp³-hybridized carbons (Fsp3) is 0.533. The summed E-state index contributed by atoms with van der Waals surface area (Å²) in [5.41, 5.74) is 1.47. The van der Waals surface area contributed by atoms with Crippen molar-refractivity contribution in [1.82, 2.24) is 10.6 Å². The van der Waals surface area contributed by atoms with Crippen molar-refractivity contribution in [1.29, 1.82) is 0 Å². The van der Waals surface area contributed by atoms with E-state index in [9.17, 15) is 14.9 Å².